The maximum absolute atomic E-state index is 13.2. The molecule has 9 nitrogen and oxygen atoms in total. The van der Waals surface area contributed by atoms with Crippen LogP contribution in [-0.4, -0.2) is 46.3 Å². The maximum atomic E-state index is 13.2. The van der Waals surface area contributed by atoms with Crippen LogP contribution in [0, 0.1) is 0 Å². The molecular weight excluding hydrogens is 601 g/mol. The van der Waals surface area contributed by atoms with Crippen LogP contribution in [0.5, 0.6) is 5.88 Å². The zero-order valence-electron chi connectivity index (χ0n) is 23.6. The number of rotatable bonds is 9. The summed E-state index contributed by atoms with van der Waals surface area (Å²) >= 11 is 13.9. The van der Waals surface area contributed by atoms with Crippen molar-refractivity contribution in [2.75, 3.05) is 13.7 Å². The van der Waals surface area contributed by atoms with Crippen LogP contribution in [0.1, 0.15) is 28.8 Å². The molecule has 2 N–H and O–H groups in total. The maximum Gasteiger partial charge on any atom is 0.262 e. The van der Waals surface area contributed by atoms with Crippen molar-refractivity contribution in [3.8, 4) is 39.4 Å². The number of amides is 1. The second-order valence-electron chi connectivity index (χ2n) is 10.4. The first-order valence-electron chi connectivity index (χ1n) is 14.0. The second kappa shape index (κ2) is 12.6. The number of fused-ring (bicyclic) bond motifs is 1. The molecule has 3 aromatic heterocycles. The SMILES string of the molecule is COc1nc(-c2cccc(-c3cccc(-c4ccn5c(=O)c(CNCC6CCC(=O)N6)cnc5c4)c3Cl)c2Cl)ccc1C=O. The smallest absolute Gasteiger partial charge is 0.262 e. The molecule has 2 aromatic carbocycles. The van der Waals surface area contributed by atoms with Crippen LogP contribution >= 0.6 is 23.2 Å². The summed E-state index contributed by atoms with van der Waals surface area (Å²) in [6.45, 7) is 0.936. The average molecular weight is 629 g/mol. The fourth-order valence-corrected chi connectivity index (χ4v) is 6.03. The van der Waals surface area contributed by atoms with Gasteiger partial charge in [0, 0.05) is 65.8 Å². The number of nitrogens with one attached hydrogen (secondary N) is 2. The third kappa shape index (κ3) is 5.69. The number of hydrogen-bond acceptors (Lipinski definition) is 7. The monoisotopic (exact) mass is 627 g/mol. The fraction of sp³-hybridized carbons (Fsp3) is 0.182. The van der Waals surface area contributed by atoms with E-state index < -0.39 is 0 Å². The van der Waals surface area contributed by atoms with Crippen molar-refractivity contribution in [2.45, 2.75) is 25.4 Å². The summed E-state index contributed by atoms with van der Waals surface area (Å²) in [6, 6.07) is 18.4. The highest BCUT2D eigenvalue weighted by atomic mass is 35.5. The molecule has 0 radical (unpaired) electrons. The lowest BCUT2D eigenvalue weighted by Crippen LogP contribution is -2.36. The van der Waals surface area contributed by atoms with E-state index in [9.17, 15) is 14.4 Å². The molecule has 0 aliphatic carbocycles. The average Bonchev–Trinajstić information content (AvgIpc) is 3.46. The molecule has 1 atom stereocenters. The summed E-state index contributed by atoms with van der Waals surface area (Å²) in [5, 5.41) is 7.09. The van der Waals surface area contributed by atoms with E-state index in [-0.39, 0.29) is 23.4 Å². The number of nitrogens with zero attached hydrogens (tertiary/aromatic N) is 3. The predicted molar refractivity (Wildman–Crippen MR) is 170 cm³/mol. The van der Waals surface area contributed by atoms with Crippen molar-refractivity contribution in [2.24, 2.45) is 0 Å². The molecule has 1 fully saturated rings. The van der Waals surface area contributed by atoms with Crippen LogP contribution in [0.15, 0.2) is 77.9 Å². The van der Waals surface area contributed by atoms with E-state index in [0.717, 1.165) is 23.1 Å². The first-order valence-corrected chi connectivity index (χ1v) is 14.7. The van der Waals surface area contributed by atoms with E-state index in [1.807, 2.05) is 48.5 Å². The zero-order chi connectivity index (χ0) is 30.8. The van der Waals surface area contributed by atoms with Crippen molar-refractivity contribution in [3.05, 3.63) is 105 Å². The molecule has 0 spiro atoms. The van der Waals surface area contributed by atoms with Crippen LogP contribution in [0.25, 0.3) is 39.2 Å². The number of carbonyl (C=O) groups is 2. The van der Waals surface area contributed by atoms with Gasteiger partial charge in [-0.15, -0.1) is 0 Å². The largest absolute Gasteiger partial charge is 0.480 e. The lowest BCUT2D eigenvalue weighted by Gasteiger charge is -2.15. The highest BCUT2D eigenvalue weighted by molar-refractivity contribution is 6.39. The molecule has 1 amide bonds. The van der Waals surface area contributed by atoms with Crippen LogP contribution in [0.2, 0.25) is 10.0 Å². The number of halogens is 2. The Morgan fingerprint density at radius 2 is 1.75 bits per heavy atom. The summed E-state index contributed by atoms with van der Waals surface area (Å²) in [7, 11) is 1.46. The number of pyridine rings is 2. The molecule has 44 heavy (non-hydrogen) atoms. The van der Waals surface area contributed by atoms with Crippen molar-refractivity contribution in [1.82, 2.24) is 25.0 Å². The summed E-state index contributed by atoms with van der Waals surface area (Å²) in [5.41, 5.74) is 5.37. The van der Waals surface area contributed by atoms with Crippen LogP contribution in [0.4, 0.5) is 0 Å². The van der Waals surface area contributed by atoms with Crippen molar-refractivity contribution in [3.63, 3.8) is 0 Å². The van der Waals surface area contributed by atoms with E-state index in [2.05, 4.69) is 20.6 Å². The second-order valence-corrected chi connectivity index (χ2v) is 11.2. The minimum Gasteiger partial charge on any atom is -0.480 e. The van der Waals surface area contributed by atoms with Crippen LogP contribution < -0.4 is 20.9 Å². The highest BCUT2D eigenvalue weighted by Crippen LogP contribution is 2.42. The summed E-state index contributed by atoms with van der Waals surface area (Å²) in [6.07, 6.45) is 5.28. The van der Waals surface area contributed by atoms with Gasteiger partial charge in [0.15, 0.2) is 6.29 Å². The predicted octanol–water partition coefficient (Wildman–Crippen LogP) is 5.59. The standard InChI is InChI=1S/C33H27Cl2N5O4/c1-44-32-20(18-41)8-10-27(39-32)26-7-3-6-25(31(26)35)24-5-2-4-23(30(24)34)19-12-13-40-28(14-19)37-16-21(33(40)43)15-36-17-22-9-11-29(42)38-22/h2-8,10,12-14,16,18,22,36H,9,11,15,17H2,1H3,(H,38,42). The van der Waals surface area contributed by atoms with Gasteiger partial charge in [-0.3, -0.25) is 18.8 Å². The molecule has 5 aromatic rings. The summed E-state index contributed by atoms with van der Waals surface area (Å²) in [4.78, 5) is 44.9. The van der Waals surface area contributed by atoms with E-state index in [1.165, 1.54) is 11.5 Å². The van der Waals surface area contributed by atoms with Gasteiger partial charge in [-0.2, -0.15) is 0 Å². The Bertz CT molecular complexity index is 1980. The molecule has 1 saturated heterocycles. The summed E-state index contributed by atoms with van der Waals surface area (Å²) < 4.78 is 6.78. The van der Waals surface area contributed by atoms with Gasteiger partial charge in [0.05, 0.1) is 28.4 Å². The molecule has 1 aliphatic heterocycles. The van der Waals surface area contributed by atoms with E-state index in [1.54, 1.807) is 24.5 Å². The Morgan fingerprint density at radius 1 is 1.02 bits per heavy atom. The number of benzene rings is 2. The Balaban J connectivity index is 1.29. The minimum absolute atomic E-state index is 0.0582. The normalized spacial score (nSPS) is 14.5. The van der Waals surface area contributed by atoms with Gasteiger partial charge in [0.25, 0.3) is 5.56 Å². The molecule has 11 heteroatoms. The Kier molecular flexibility index (Phi) is 8.43. The van der Waals surface area contributed by atoms with Gasteiger partial charge in [-0.25, -0.2) is 9.97 Å². The van der Waals surface area contributed by atoms with E-state index >= 15 is 0 Å². The van der Waals surface area contributed by atoms with Gasteiger partial charge in [0.2, 0.25) is 11.8 Å². The Morgan fingerprint density at radius 3 is 2.45 bits per heavy atom. The molecule has 222 valence electrons. The third-order valence-corrected chi connectivity index (χ3v) is 8.47. The molecule has 6 rings (SSSR count). The van der Waals surface area contributed by atoms with Crippen LogP contribution in [0.3, 0.4) is 0 Å². The van der Waals surface area contributed by atoms with Crippen LogP contribution in [-0.2, 0) is 11.3 Å². The van der Waals surface area contributed by atoms with Gasteiger partial charge < -0.3 is 15.4 Å². The van der Waals surface area contributed by atoms with Crippen molar-refractivity contribution >= 4 is 41.0 Å². The highest BCUT2D eigenvalue weighted by Gasteiger charge is 2.20. The third-order valence-electron chi connectivity index (χ3n) is 7.66. The minimum atomic E-state index is -0.167. The zero-order valence-corrected chi connectivity index (χ0v) is 25.2. The number of ether oxygens (including phenoxy) is 1. The molecule has 0 saturated carbocycles. The molecule has 1 unspecified atom stereocenters. The first kappa shape index (κ1) is 29.5. The molecular formula is C33H27Cl2N5O4. The quantitative estimate of drug-likeness (QED) is 0.205. The number of aldehydes is 1. The number of methoxy groups -OCH3 is 1. The van der Waals surface area contributed by atoms with Crippen molar-refractivity contribution in [1.29, 1.82) is 0 Å². The fourth-order valence-electron chi connectivity index (χ4n) is 5.37. The summed E-state index contributed by atoms with van der Waals surface area (Å²) in [5.74, 6) is 0.272. The van der Waals surface area contributed by atoms with Gasteiger partial charge in [-0.05, 0) is 36.2 Å². The van der Waals surface area contributed by atoms with Gasteiger partial charge in [-0.1, -0.05) is 59.6 Å². The number of hydrogen-bond donors (Lipinski definition) is 2. The number of aromatic nitrogens is 3. The molecule has 0 bridgehead atoms. The van der Waals surface area contributed by atoms with E-state index in [4.69, 9.17) is 27.9 Å². The lowest BCUT2D eigenvalue weighted by atomic mass is 9.97. The molecule has 4 heterocycles. The lowest BCUT2D eigenvalue weighted by molar-refractivity contribution is -0.119. The Labute approximate surface area is 262 Å². The van der Waals surface area contributed by atoms with E-state index in [0.29, 0.717) is 69.4 Å². The van der Waals surface area contributed by atoms with Gasteiger partial charge in [0.1, 0.15) is 5.65 Å². The Hall–Kier alpha value is -4.57. The van der Waals surface area contributed by atoms with Gasteiger partial charge >= 0.3 is 0 Å². The molecule has 1 aliphatic rings. The first-order chi connectivity index (χ1) is 21.4. The van der Waals surface area contributed by atoms with Crippen molar-refractivity contribution < 1.29 is 14.3 Å². The number of carbonyl (C=O) groups excluding carboxylic acids is 2. The topological polar surface area (TPSA) is 115 Å².